The van der Waals surface area contributed by atoms with Crippen molar-refractivity contribution in [1.82, 2.24) is 9.55 Å². The highest BCUT2D eigenvalue weighted by Gasteiger charge is 2.29. The van der Waals surface area contributed by atoms with Gasteiger partial charge in [0.05, 0.1) is 16.6 Å². The predicted octanol–water partition coefficient (Wildman–Crippen LogP) is 3.01. The summed E-state index contributed by atoms with van der Waals surface area (Å²) in [5, 5.41) is 9.06. The van der Waals surface area contributed by atoms with Crippen LogP contribution in [0.1, 0.15) is 42.0 Å². The van der Waals surface area contributed by atoms with Crippen LogP contribution in [-0.4, -0.2) is 20.6 Å². The topological polar surface area (TPSA) is 55.1 Å². The van der Waals surface area contributed by atoms with Gasteiger partial charge >= 0.3 is 5.97 Å². The number of carboxylic acids is 1. The van der Waals surface area contributed by atoms with E-state index in [1.54, 1.807) is 18.2 Å². The molecule has 0 saturated heterocycles. The fraction of sp³-hybridized carbons (Fsp3) is 0.429. The molecule has 4 nitrogen and oxygen atoms in total. The predicted molar refractivity (Wildman–Crippen MR) is 68.9 cm³/mol. The largest absolute Gasteiger partial charge is 0.478 e. The number of benzene rings is 1. The molecule has 18 heavy (non-hydrogen) atoms. The van der Waals surface area contributed by atoms with Crippen LogP contribution in [0.2, 0.25) is 0 Å². The molecule has 1 aromatic heterocycles. The lowest BCUT2D eigenvalue weighted by Crippen LogP contribution is -2.25. The van der Waals surface area contributed by atoms with Gasteiger partial charge in [0.15, 0.2) is 0 Å². The zero-order valence-electron chi connectivity index (χ0n) is 10.6. The molecular formula is C14H16N2O2. The second kappa shape index (κ2) is 3.83. The summed E-state index contributed by atoms with van der Waals surface area (Å²) in [6.45, 7) is 4.23. The third kappa shape index (κ3) is 1.60. The van der Waals surface area contributed by atoms with E-state index in [-0.39, 0.29) is 0 Å². The second-order valence-electron chi connectivity index (χ2n) is 5.27. The Labute approximate surface area is 105 Å². The van der Waals surface area contributed by atoms with Gasteiger partial charge in [-0.1, -0.05) is 6.92 Å². The summed E-state index contributed by atoms with van der Waals surface area (Å²) in [5.41, 5.74) is 2.16. The van der Waals surface area contributed by atoms with Gasteiger partial charge in [0, 0.05) is 6.04 Å². The van der Waals surface area contributed by atoms with Crippen LogP contribution < -0.4 is 0 Å². The van der Waals surface area contributed by atoms with Gasteiger partial charge in [0.1, 0.15) is 5.82 Å². The third-order valence-corrected chi connectivity index (χ3v) is 3.83. The molecule has 0 spiro atoms. The van der Waals surface area contributed by atoms with Gasteiger partial charge in [0.2, 0.25) is 0 Å². The number of imidazole rings is 1. The molecule has 1 aromatic carbocycles. The first-order valence-corrected chi connectivity index (χ1v) is 6.28. The standard InChI is InChI=1S/C14H16N2O2/c1-8-5-11(6-8)16-9(2)15-12-4-3-10(14(17)18)7-13(12)16/h3-4,7-8,11H,5-6H2,1-2H3,(H,17,18). The summed E-state index contributed by atoms with van der Waals surface area (Å²) in [5.74, 6) is 0.850. The zero-order chi connectivity index (χ0) is 12.9. The van der Waals surface area contributed by atoms with E-state index < -0.39 is 5.97 Å². The quantitative estimate of drug-likeness (QED) is 0.883. The van der Waals surface area contributed by atoms with Crippen LogP contribution in [0.15, 0.2) is 18.2 Å². The summed E-state index contributed by atoms with van der Waals surface area (Å²) < 4.78 is 2.20. The molecule has 1 N–H and O–H groups in total. The SMILES string of the molecule is Cc1nc2ccc(C(=O)O)cc2n1C1CC(C)C1. The van der Waals surface area contributed by atoms with E-state index in [2.05, 4.69) is 16.5 Å². The molecule has 0 unspecified atom stereocenters. The monoisotopic (exact) mass is 244 g/mol. The normalized spacial score (nSPS) is 23.0. The minimum Gasteiger partial charge on any atom is -0.478 e. The van der Waals surface area contributed by atoms with Gasteiger partial charge in [-0.05, 0) is 43.9 Å². The Morgan fingerprint density at radius 2 is 2.17 bits per heavy atom. The van der Waals surface area contributed by atoms with Crippen molar-refractivity contribution < 1.29 is 9.90 Å². The Balaban J connectivity index is 2.14. The molecule has 2 aromatic rings. The van der Waals surface area contributed by atoms with Crippen molar-refractivity contribution in [2.75, 3.05) is 0 Å². The van der Waals surface area contributed by atoms with Gasteiger partial charge in [-0.15, -0.1) is 0 Å². The summed E-state index contributed by atoms with van der Waals surface area (Å²) >= 11 is 0. The Morgan fingerprint density at radius 1 is 1.44 bits per heavy atom. The molecule has 0 radical (unpaired) electrons. The number of carboxylic acid groups (broad SMARTS) is 1. The number of aryl methyl sites for hydroxylation is 1. The first kappa shape index (κ1) is 11.3. The van der Waals surface area contributed by atoms with Crippen molar-refractivity contribution in [3.8, 4) is 0 Å². The lowest BCUT2D eigenvalue weighted by Gasteiger charge is -2.35. The van der Waals surface area contributed by atoms with Gasteiger partial charge in [-0.2, -0.15) is 0 Å². The molecular weight excluding hydrogens is 228 g/mol. The molecule has 1 aliphatic carbocycles. The molecule has 0 aliphatic heterocycles. The minimum absolute atomic E-state index is 0.330. The lowest BCUT2D eigenvalue weighted by atomic mass is 9.81. The number of fused-ring (bicyclic) bond motifs is 1. The Morgan fingerprint density at radius 3 is 2.78 bits per heavy atom. The van der Waals surface area contributed by atoms with E-state index >= 15 is 0 Å². The highest BCUT2D eigenvalue weighted by molar-refractivity contribution is 5.92. The van der Waals surface area contributed by atoms with E-state index in [1.165, 1.54) is 0 Å². The number of carbonyl (C=O) groups is 1. The molecule has 94 valence electrons. The van der Waals surface area contributed by atoms with Crippen LogP contribution >= 0.6 is 0 Å². The third-order valence-electron chi connectivity index (χ3n) is 3.83. The van der Waals surface area contributed by atoms with Crippen molar-refractivity contribution >= 4 is 17.0 Å². The van der Waals surface area contributed by atoms with Gasteiger partial charge in [-0.3, -0.25) is 0 Å². The van der Waals surface area contributed by atoms with Gasteiger partial charge < -0.3 is 9.67 Å². The molecule has 1 saturated carbocycles. The first-order valence-electron chi connectivity index (χ1n) is 6.28. The number of aromatic carboxylic acids is 1. The minimum atomic E-state index is -0.885. The van der Waals surface area contributed by atoms with Crippen molar-refractivity contribution in [1.29, 1.82) is 0 Å². The molecule has 0 bridgehead atoms. The van der Waals surface area contributed by atoms with E-state index in [0.29, 0.717) is 11.6 Å². The first-order chi connectivity index (χ1) is 8.56. The Bertz CT molecular complexity index is 624. The van der Waals surface area contributed by atoms with Crippen molar-refractivity contribution in [2.45, 2.75) is 32.7 Å². The average molecular weight is 244 g/mol. The average Bonchev–Trinajstić information content (AvgIpc) is 2.59. The van der Waals surface area contributed by atoms with Crippen LogP contribution in [0, 0.1) is 12.8 Å². The zero-order valence-corrected chi connectivity index (χ0v) is 10.6. The fourth-order valence-electron chi connectivity index (χ4n) is 2.88. The molecule has 3 rings (SSSR count). The molecule has 0 atom stereocenters. The van der Waals surface area contributed by atoms with Crippen molar-refractivity contribution in [2.24, 2.45) is 5.92 Å². The maximum absolute atomic E-state index is 11.0. The van der Waals surface area contributed by atoms with Crippen LogP contribution in [0.3, 0.4) is 0 Å². The molecule has 0 amide bonds. The van der Waals surface area contributed by atoms with E-state index in [1.807, 2.05) is 6.92 Å². The highest BCUT2D eigenvalue weighted by Crippen LogP contribution is 2.39. The van der Waals surface area contributed by atoms with Crippen LogP contribution in [0.25, 0.3) is 11.0 Å². The van der Waals surface area contributed by atoms with E-state index in [9.17, 15) is 4.79 Å². The van der Waals surface area contributed by atoms with Gasteiger partial charge in [0.25, 0.3) is 0 Å². The summed E-state index contributed by atoms with van der Waals surface area (Å²) in [7, 11) is 0. The maximum atomic E-state index is 11.0. The fourth-order valence-corrected chi connectivity index (χ4v) is 2.88. The van der Waals surface area contributed by atoms with Crippen LogP contribution in [0.4, 0.5) is 0 Å². The molecule has 1 fully saturated rings. The lowest BCUT2D eigenvalue weighted by molar-refractivity contribution is 0.0697. The summed E-state index contributed by atoms with van der Waals surface area (Å²) in [6.07, 6.45) is 2.31. The van der Waals surface area contributed by atoms with Crippen molar-refractivity contribution in [3.05, 3.63) is 29.6 Å². The van der Waals surface area contributed by atoms with E-state index in [0.717, 1.165) is 35.6 Å². The molecule has 1 aliphatic rings. The van der Waals surface area contributed by atoms with Crippen LogP contribution in [0.5, 0.6) is 0 Å². The molecule has 4 heteroatoms. The summed E-state index contributed by atoms with van der Waals surface area (Å²) in [4.78, 5) is 15.6. The number of nitrogens with zero attached hydrogens (tertiary/aromatic N) is 2. The second-order valence-corrected chi connectivity index (χ2v) is 5.27. The summed E-state index contributed by atoms with van der Waals surface area (Å²) in [6, 6.07) is 5.63. The smallest absolute Gasteiger partial charge is 0.335 e. The molecule has 1 heterocycles. The Hall–Kier alpha value is -1.84. The Kier molecular flexibility index (Phi) is 2.40. The maximum Gasteiger partial charge on any atom is 0.335 e. The number of aromatic nitrogens is 2. The highest BCUT2D eigenvalue weighted by atomic mass is 16.4. The van der Waals surface area contributed by atoms with E-state index in [4.69, 9.17) is 5.11 Å². The van der Waals surface area contributed by atoms with Gasteiger partial charge in [-0.25, -0.2) is 9.78 Å². The van der Waals surface area contributed by atoms with Crippen molar-refractivity contribution in [3.63, 3.8) is 0 Å². The number of rotatable bonds is 2. The number of hydrogen-bond donors (Lipinski definition) is 1. The number of hydrogen-bond acceptors (Lipinski definition) is 2. The van der Waals surface area contributed by atoms with Crippen LogP contribution in [-0.2, 0) is 0 Å².